The molecular weight excluding hydrogens is 300 g/mol. The molecule has 0 aliphatic rings. The van der Waals surface area contributed by atoms with Gasteiger partial charge in [0.2, 0.25) is 11.8 Å². The Morgan fingerprint density at radius 3 is 2.33 bits per heavy atom. The average Bonchev–Trinajstić information content (AvgIpc) is 2.57. The Kier molecular flexibility index (Phi) is 6.13. The molecule has 2 rings (SSSR count). The summed E-state index contributed by atoms with van der Waals surface area (Å²) in [5, 5.41) is 2.94. The maximum absolute atomic E-state index is 12.2. The van der Waals surface area contributed by atoms with Crippen LogP contribution in [0.5, 0.6) is 0 Å². The first kappa shape index (κ1) is 17.7. The molecule has 0 bridgehead atoms. The van der Waals surface area contributed by atoms with Crippen LogP contribution in [0.4, 0.5) is 11.4 Å². The molecule has 0 saturated carbocycles. The van der Waals surface area contributed by atoms with Gasteiger partial charge in [0.15, 0.2) is 0 Å². The lowest BCUT2D eigenvalue weighted by Crippen LogP contribution is -2.32. The number of nitrogens with zero attached hydrogens (tertiary/aromatic N) is 1. The fraction of sp³-hybridized carbons (Fsp3) is 0.300. The number of benzene rings is 2. The van der Waals surface area contributed by atoms with E-state index in [1.54, 1.807) is 4.90 Å². The molecule has 2 aromatic carbocycles. The van der Waals surface area contributed by atoms with Gasteiger partial charge in [0.25, 0.3) is 0 Å². The zero-order valence-electron chi connectivity index (χ0n) is 14.5. The van der Waals surface area contributed by atoms with E-state index < -0.39 is 0 Å². The van der Waals surface area contributed by atoms with E-state index in [1.165, 1.54) is 6.92 Å². The molecule has 0 heterocycles. The van der Waals surface area contributed by atoms with Crippen molar-refractivity contribution in [2.45, 2.75) is 33.6 Å². The van der Waals surface area contributed by atoms with Crippen molar-refractivity contribution in [1.82, 2.24) is 0 Å². The molecule has 0 saturated heterocycles. The molecule has 4 nitrogen and oxygen atoms in total. The van der Waals surface area contributed by atoms with Crippen LogP contribution in [0.15, 0.2) is 48.5 Å². The monoisotopic (exact) mass is 324 g/mol. The maximum Gasteiger partial charge on any atom is 0.226 e. The van der Waals surface area contributed by atoms with Crippen LogP contribution >= 0.6 is 0 Å². The SMILES string of the molecule is CCc1ccccc1NC(=O)CCN(C(C)=O)c1ccc(C)cc1. The molecule has 2 aromatic rings. The molecule has 0 radical (unpaired) electrons. The third-order valence-corrected chi connectivity index (χ3v) is 3.96. The second-order valence-corrected chi connectivity index (χ2v) is 5.82. The summed E-state index contributed by atoms with van der Waals surface area (Å²) in [5.41, 5.74) is 3.90. The molecule has 24 heavy (non-hydrogen) atoms. The molecule has 0 unspecified atom stereocenters. The van der Waals surface area contributed by atoms with Crippen LogP contribution in [-0.2, 0) is 16.0 Å². The fourth-order valence-electron chi connectivity index (χ4n) is 2.57. The predicted molar refractivity (Wildman–Crippen MR) is 98.3 cm³/mol. The summed E-state index contributed by atoms with van der Waals surface area (Å²) in [7, 11) is 0. The van der Waals surface area contributed by atoms with Gasteiger partial charge >= 0.3 is 0 Å². The Morgan fingerprint density at radius 1 is 1.04 bits per heavy atom. The van der Waals surface area contributed by atoms with Crippen LogP contribution in [0.2, 0.25) is 0 Å². The third-order valence-electron chi connectivity index (χ3n) is 3.96. The van der Waals surface area contributed by atoms with Crippen LogP contribution in [0.1, 0.15) is 31.4 Å². The lowest BCUT2D eigenvalue weighted by atomic mass is 10.1. The van der Waals surface area contributed by atoms with Crippen molar-refractivity contribution in [1.29, 1.82) is 0 Å². The summed E-state index contributed by atoms with van der Waals surface area (Å²) in [6.07, 6.45) is 1.12. The number of hydrogen-bond acceptors (Lipinski definition) is 2. The second kappa shape index (κ2) is 8.29. The van der Waals surface area contributed by atoms with E-state index in [0.29, 0.717) is 6.54 Å². The minimum absolute atomic E-state index is 0.0689. The molecule has 0 aliphatic carbocycles. The maximum atomic E-state index is 12.2. The van der Waals surface area contributed by atoms with E-state index in [1.807, 2.05) is 55.5 Å². The molecule has 0 aliphatic heterocycles. The summed E-state index contributed by atoms with van der Waals surface area (Å²) in [5.74, 6) is -0.158. The molecule has 0 aromatic heterocycles. The normalized spacial score (nSPS) is 10.3. The van der Waals surface area contributed by atoms with Crippen LogP contribution in [0, 0.1) is 6.92 Å². The number of amides is 2. The van der Waals surface area contributed by atoms with Crippen LogP contribution in [0.25, 0.3) is 0 Å². The van der Waals surface area contributed by atoms with Gasteiger partial charge in [0.05, 0.1) is 0 Å². The number of rotatable bonds is 6. The van der Waals surface area contributed by atoms with Crippen molar-refractivity contribution < 1.29 is 9.59 Å². The smallest absolute Gasteiger partial charge is 0.226 e. The van der Waals surface area contributed by atoms with Gasteiger partial charge in [-0.1, -0.05) is 42.8 Å². The van der Waals surface area contributed by atoms with Crippen LogP contribution in [-0.4, -0.2) is 18.4 Å². The first-order valence-corrected chi connectivity index (χ1v) is 8.23. The van der Waals surface area contributed by atoms with Gasteiger partial charge in [-0.05, 0) is 37.1 Å². The Morgan fingerprint density at radius 2 is 1.71 bits per heavy atom. The molecule has 0 atom stereocenters. The lowest BCUT2D eigenvalue weighted by molar-refractivity contribution is -0.117. The highest BCUT2D eigenvalue weighted by molar-refractivity contribution is 5.95. The molecule has 0 fully saturated rings. The van der Waals surface area contributed by atoms with Crippen molar-refractivity contribution in [3.8, 4) is 0 Å². The summed E-state index contributed by atoms with van der Waals surface area (Å²) in [4.78, 5) is 25.8. The highest BCUT2D eigenvalue weighted by Crippen LogP contribution is 2.18. The van der Waals surface area contributed by atoms with E-state index in [2.05, 4.69) is 12.2 Å². The van der Waals surface area contributed by atoms with E-state index in [4.69, 9.17) is 0 Å². The van der Waals surface area contributed by atoms with Crippen LogP contribution < -0.4 is 10.2 Å². The van der Waals surface area contributed by atoms with Crippen molar-refractivity contribution >= 4 is 23.2 Å². The molecule has 1 N–H and O–H groups in total. The number of nitrogens with one attached hydrogen (secondary N) is 1. The zero-order valence-corrected chi connectivity index (χ0v) is 14.5. The van der Waals surface area contributed by atoms with E-state index in [-0.39, 0.29) is 18.2 Å². The summed E-state index contributed by atoms with van der Waals surface area (Å²) < 4.78 is 0. The summed E-state index contributed by atoms with van der Waals surface area (Å²) in [6.45, 7) is 5.93. The van der Waals surface area contributed by atoms with Gasteiger partial charge < -0.3 is 10.2 Å². The van der Waals surface area contributed by atoms with Gasteiger partial charge in [0.1, 0.15) is 0 Å². The number of carbonyl (C=O) groups excluding carboxylic acids is 2. The Hall–Kier alpha value is -2.62. The Labute approximate surface area is 143 Å². The minimum Gasteiger partial charge on any atom is -0.326 e. The van der Waals surface area contributed by atoms with E-state index in [9.17, 15) is 9.59 Å². The van der Waals surface area contributed by atoms with Gasteiger partial charge in [-0.2, -0.15) is 0 Å². The molecule has 4 heteroatoms. The topological polar surface area (TPSA) is 49.4 Å². The van der Waals surface area contributed by atoms with Gasteiger partial charge in [-0.25, -0.2) is 0 Å². The predicted octanol–water partition coefficient (Wildman–Crippen LogP) is 3.94. The molecular formula is C20H24N2O2. The summed E-state index contributed by atoms with van der Waals surface area (Å²) in [6, 6.07) is 15.5. The number of para-hydroxylation sites is 1. The van der Waals surface area contributed by atoms with Crippen molar-refractivity contribution in [2.24, 2.45) is 0 Å². The van der Waals surface area contributed by atoms with E-state index >= 15 is 0 Å². The highest BCUT2D eigenvalue weighted by Gasteiger charge is 2.14. The average molecular weight is 324 g/mol. The second-order valence-electron chi connectivity index (χ2n) is 5.82. The lowest BCUT2D eigenvalue weighted by Gasteiger charge is -2.21. The Bertz CT molecular complexity index is 708. The third kappa shape index (κ3) is 4.69. The quantitative estimate of drug-likeness (QED) is 0.875. The van der Waals surface area contributed by atoms with Gasteiger partial charge in [-0.3, -0.25) is 9.59 Å². The van der Waals surface area contributed by atoms with E-state index in [0.717, 1.165) is 28.9 Å². The zero-order chi connectivity index (χ0) is 17.5. The van der Waals surface area contributed by atoms with Crippen molar-refractivity contribution in [2.75, 3.05) is 16.8 Å². The minimum atomic E-state index is -0.0886. The van der Waals surface area contributed by atoms with Crippen molar-refractivity contribution in [3.63, 3.8) is 0 Å². The number of carbonyl (C=O) groups is 2. The first-order chi connectivity index (χ1) is 11.5. The number of aryl methyl sites for hydroxylation is 2. The summed E-state index contributed by atoms with van der Waals surface area (Å²) >= 11 is 0. The fourth-order valence-corrected chi connectivity index (χ4v) is 2.57. The van der Waals surface area contributed by atoms with Crippen molar-refractivity contribution in [3.05, 3.63) is 59.7 Å². The largest absolute Gasteiger partial charge is 0.326 e. The number of hydrogen-bond donors (Lipinski definition) is 1. The van der Waals surface area contributed by atoms with Gasteiger partial charge in [-0.15, -0.1) is 0 Å². The Balaban J connectivity index is 2.00. The van der Waals surface area contributed by atoms with Crippen LogP contribution in [0.3, 0.4) is 0 Å². The molecule has 0 spiro atoms. The first-order valence-electron chi connectivity index (χ1n) is 8.23. The highest BCUT2D eigenvalue weighted by atomic mass is 16.2. The molecule has 2 amide bonds. The van der Waals surface area contributed by atoms with Gasteiger partial charge in [0, 0.05) is 31.3 Å². The standard InChI is InChI=1S/C20H24N2O2/c1-4-17-7-5-6-8-19(17)21-20(24)13-14-22(16(3)23)18-11-9-15(2)10-12-18/h5-12H,4,13-14H2,1-3H3,(H,21,24). The number of anilines is 2. The molecule has 126 valence electrons.